The Morgan fingerprint density at radius 3 is 2.04 bits per heavy atom. The Bertz CT molecular complexity index is 779. The van der Waals surface area contributed by atoms with Crippen molar-refractivity contribution in [1.82, 2.24) is 0 Å². The normalized spacial score (nSPS) is 21.0. The summed E-state index contributed by atoms with van der Waals surface area (Å²) in [5.41, 5.74) is -0.00778. The molecule has 4 nitrogen and oxygen atoms in total. The van der Waals surface area contributed by atoms with Crippen LogP contribution in [-0.4, -0.2) is 22.2 Å². The lowest BCUT2D eigenvalue weighted by molar-refractivity contribution is 0.0696. The number of allylic oxidation sites excluding steroid dienone is 2. The maximum absolute atomic E-state index is 11.0. The first-order chi connectivity index (χ1) is 11.0. The summed E-state index contributed by atoms with van der Waals surface area (Å²) in [6.45, 7) is 0. The first-order valence-electron chi connectivity index (χ1n) is 7.72. The molecule has 0 saturated heterocycles. The van der Waals surface area contributed by atoms with Crippen molar-refractivity contribution in [3.8, 4) is 0 Å². The van der Waals surface area contributed by atoms with Gasteiger partial charge in [0.2, 0.25) is 0 Å². The first-order valence-corrected chi connectivity index (χ1v) is 7.72. The van der Waals surface area contributed by atoms with Crippen LogP contribution in [0.3, 0.4) is 0 Å². The number of aromatic carboxylic acids is 2. The van der Waals surface area contributed by atoms with Crippen molar-refractivity contribution in [2.75, 3.05) is 0 Å². The molecule has 2 unspecified atom stereocenters. The van der Waals surface area contributed by atoms with Crippen LogP contribution in [0.2, 0.25) is 0 Å². The van der Waals surface area contributed by atoms with E-state index in [0.717, 1.165) is 11.8 Å². The van der Waals surface area contributed by atoms with E-state index in [9.17, 15) is 9.59 Å². The molecule has 4 heteroatoms. The number of carboxylic acids is 2. The highest BCUT2D eigenvalue weighted by Gasteiger charge is 2.25. The molecule has 23 heavy (non-hydrogen) atoms. The fraction of sp³-hybridized carbons (Fsp3) is 0.263. The van der Waals surface area contributed by atoms with E-state index in [-0.39, 0.29) is 11.1 Å². The van der Waals surface area contributed by atoms with Crippen molar-refractivity contribution in [2.45, 2.75) is 19.3 Å². The minimum atomic E-state index is -1.13. The summed E-state index contributed by atoms with van der Waals surface area (Å²) < 4.78 is 0. The third kappa shape index (κ3) is 3.26. The molecule has 0 radical (unpaired) electrons. The third-order valence-electron chi connectivity index (χ3n) is 4.51. The Morgan fingerprint density at radius 2 is 1.57 bits per heavy atom. The van der Waals surface area contributed by atoms with Crippen molar-refractivity contribution in [1.29, 1.82) is 0 Å². The average Bonchev–Trinajstić information content (AvgIpc) is 3.19. The van der Waals surface area contributed by atoms with Gasteiger partial charge >= 0.3 is 11.9 Å². The predicted molar refractivity (Wildman–Crippen MR) is 87.8 cm³/mol. The molecular formula is C19H18O4. The minimum absolute atomic E-state index is 0.00972. The molecule has 2 atom stereocenters. The van der Waals surface area contributed by atoms with Crippen LogP contribution < -0.4 is 0 Å². The second kappa shape index (κ2) is 6.24. The van der Waals surface area contributed by atoms with Crippen LogP contribution in [0.15, 0.2) is 48.6 Å². The third-order valence-corrected chi connectivity index (χ3v) is 4.51. The summed E-state index contributed by atoms with van der Waals surface area (Å²) >= 11 is 0. The topological polar surface area (TPSA) is 74.6 Å². The molecule has 0 spiro atoms. The van der Waals surface area contributed by atoms with Gasteiger partial charge < -0.3 is 10.2 Å². The van der Waals surface area contributed by atoms with Crippen LogP contribution in [0.1, 0.15) is 40.0 Å². The van der Waals surface area contributed by atoms with E-state index in [0.29, 0.717) is 10.8 Å². The monoisotopic (exact) mass is 310 g/mol. The van der Waals surface area contributed by atoms with Crippen molar-refractivity contribution >= 4 is 22.7 Å². The van der Waals surface area contributed by atoms with Gasteiger partial charge in [-0.3, -0.25) is 0 Å². The average molecular weight is 310 g/mol. The van der Waals surface area contributed by atoms with Crippen LogP contribution in [0.4, 0.5) is 0 Å². The Kier molecular flexibility index (Phi) is 4.15. The summed E-state index contributed by atoms with van der Waals surface area (Å²) in [7, 11) is 0. The molecule has 1 saturated carbocycles. The van der Waals surface area contributed by atoms with Gasteiger partial charge in [-0.2, -0.15) is 0 Å². The zero-order chi connectivity index (χ0) is 16.4. The number of carboxylic acid groups (broad SMARTS) is 2. The quantitative estimate of drug-likeness (QED) is 0.815. The summed E-state index contributed by atoms with van der Waals surface area (Å²) in [5.74, 6) is -0.275. The van der Waals surface area contributed by atoms with Crippen molar-refractivity contribution < 1.29 is 19.8 Å². The molecule has 0 aliphatic heterocycles. The molecular weight excluding hydrogens is 292 g/mol. The standard InChI is InChI=1S/C12H8O4.C7H10/c13-11(14)8-5-7-3-1-2-4-9(7)10(6-8)12(15)16;1-2-7-4-3-6(1)5-7/h1-6H,(H,13,14)(H,15,16);1-2,6-7H,3-5H2. The van der Waals surface area contributed by atoms with E-state index in [1.807, 2.05) is 0 Å². The van der Waals surface area contributed by atoms with Gasteiger partial charge in [0.05, 0.1) is 11.1 Å². The van der Waals surface area contributed by atoms with Gasteiger partial charge in [-0.1, -0.05) is 36.4 Å². The van der Waals surface area contributed by atoms with E-state index in [4.69, 9.17) is 10.2 Å². The van der Waals surface area contributed by atoms with Gasteiger partial charge in [-0.25, -0.2) is 9.59 Å². The highest BCUT2D eigenvalue weighted by molar-refractivity contribution is 6.07. The van der Waals surface area contributed by atoms with Gasteiger partial charge in [0.1, 0.15) is 0 Å². The SMILES string of the molecule is C1=CC2CCC1C2.O=C(O)c1cc(C(=O)O)c2ccccc2c1. The van der Waals surface area contributed by atoms with Crippen LogP contribution in [0.5, 0.6) is 0 Å². The summed E-state index contributed by atoms with van der Waals surface area (Å²) in [6.07, 6.45) is 9.19. The maximum Gasteiger partial charge on any atom is 0.336 e. The Labute approximate surface area is 134 Å². The second-order valence-electron chi connectivity index (χ2n) is 6.07. The number of fused-ring (bicyclic) bond motifs is 3. The van der Waals surface area contributed by atoms with Gasteiger partial charge in [0.25, 0.3) is 0 Å². The van der Waals surface area contributed by atoms with Crippen LogP contribution in [-0.2, 0) is 0 Å². The predicted octanol–water partition coefficient (Wildman–Crippen LogP) is 4.21. The molecule has 0 amide bonds. The zero-order valence-electron chi connectivity index (χ0n) is 12.6. The highest BCUT2D eigenvalue weighted by Crippen LogP contribution is 2.38. The van der Waals surface area contributed by atoms with Crippen LogP contribution >= 0.6 is 0 Å². The summed E-state index contributed by atoms with van der Waals surface area (Å²) in [6, 6.07) is 9.44. The van der Waals surface area contributed by atoms with E-state index in [1.165, 1.54) is 31.4 Å². The number of benzene rings is 2. The van der Waals surface area contributed by atoms with Crippen molar-refractivity contribution in [3.05, 3.63) is 59.7 Å². The Balaban J connectivity index is 0.000000183. The molecule has 2 bridgehead atoms. The van der Waals surface area contributed by atoms with Gasteiger partial charge in [0, 0.05) is 0 Å². The zero-order valence-corrected chi connectivity index (χ0v) is 12.6. The molecule has 118 valence electrons. The molecule has 1 fully saturated rings. The van der Waals surface area contributed by atoms with Crippen LogP contribution in [0.25, 0.3) is 10.8 Å². The minimum Gasteiger partial charge on any atom is -0.478 e. The fourth-order valence-electron chi connectivity index (χ4n) is 3.33. The molecule has 2 aromatic carbocycles. The molecule has 2 aliphatic rings. The molecule has 2 N–H and O–H groups in total. The van der Waals surface area contributed by atoms with E-state index < -0.39 is 11.9 Å². The van der Waals surface area contributed by atoms with E-state index in [1.54, 1.807) is 24.3 Å². The van der Waals surface area contributed by atoms with Crippen molar-refractivity contribution in [2.24, 2.45) is 11.8 Å². The molecule has 0 heterocycles. The Hall–Kier alpha value is -2.62. The lowest BCUT2D eigenvalue weighted by Crippen LogP contribution is -2.03. The molecule has 2 aromatic rings. The van der Waals surface area contributed by atoms with E-state index >= 15 is 0 Å². The first kappa shape index (κ1) is 15.3. The lowest BCUT2D eigenvalue weighted by Gasteiger charge is -2.04. The van der Waals surface area contributed by atoms with Gasteiger partial charge in [-0.15, -0.1) is 0 Å². The highest BCUT2D eigenvalue weighted by atomic mass is 16.4. The number of hydrogen-bond acceptors (Lipinski definition) is 2. The lowest BCUT2D eigenvalue weighted by atomic mass is 10.0. The van der Waals surface area contributed by atoms with Crippen LogP contribution in [0, 0.1) is 11.8 Å². The maximum atomic E-state index is 11.0. The molecule has 0 aromatic heterocycles. The number of hydrogen-bond donors (Lipinski definition) is 2. The summed E-state index contributed by atoms with van der Waals surface area (Å²) in [5, 5.41) is 19.0. The number of carbonyl (C=O) groups is 2. The van der Waals surface area contributed by atoms with Gasteiger partial charge in [-0.05, 0) is 54.0 Å². The smallest absolute Gasteiger partial charge is 0.336 e. The van der Waals surface area contributed by atoms with Crippen molar-refractivity contribution in [3.63, 3.8) is 0 Å². The fourth-order valence-corrected chi connectivity index (χ4v) is 3.33. The molecule has 2 aliphatic carbocycles. The van der Waals surface area contributed by atoms with Gasteiger partial charge in [0.15, 0.2) is 0 Å². The molecule has 4 rings (SSSR count). The Morgan fingerprint density at radius 1 is 0.913 bits per heavy atom. The van der Waals surface area contributed by atoms with E-state index in [2.05, 4.69) is 12.2 Å². The summed E-state index contributed by atoms with van der Waals surface area (Å²) in [4.78, 5) is 21.8. The second-order valence-corrected chi connectivity index (χ2v) is 6.07. The largest absolute Gasteiger partial charge is 0.478 e. The number of rotatable bonds is 2.